The summed E-state index contributed by atoms with van der Waals surface area (Å²) in [6.07, 6.45) is 2.18. The van der Waals surface area contributed by atoms with Crippen LogP contribution in [0.4, 0.5) is 10.5 Å². The quantitative estimate of drug-likeness (QED) is 0.179. The summed E-state index contributed by atoms with van der Waals surface area (Å²) in [6, 6.07) is 23.8. The molecule has 1 aliphatic heterocycles. The molecule has 0 atom stereocenters. The summed E-state index contributed by atoms with van der Waals surface area (Å²) in [7, 11) is 0. The minimum absolute atomic E-state index is 0.00307. The molecule has 4 aromatic carbocycles. The van der Waals surface area contributed by atoms with Gasteiger partial charge in [0.05, 0.1) is 10.0 Å². The largest absolute Gasteiger partial charge is 0.486 e. The topological polar surface area (TPSA) is 87.7 Å². The number of imide groups is 1. The Morgan fingerprint density at radius 2 is 1.62 bits per heavy atom. The van der Waals surface area contributed by atoms with Crippen molar-refractivity contribution in [3.8, 4) is 5.75 Å². The molecular formula is C31H25Cl2N3O4. The molecule has 0 aromatic heterocycles. The molecule has 0 saturated carbocycles. The number of anilines is 1. The van der Waals surface area contributed by atoms with Crippen LogP contribution in [0.25, 0.3) is 16.8 Å². The summed E-state index contributed by atoms with van der Waals surface area (Å²) in [4.78, 5) is 38.9. The molecule has 5 rings (SSSR count). The molecule has 4 amide bonds. The third-order valence-corrected chi connectivity index (χ3v) is 7.08. The van der Waals surface area contributed by atoms with Gasteiger partial charge in [0, 0.05) is 5.69 Å². The van der Waals surface area contributed by atoms with Gasteiger partial charge in [-0.25, -0.2) is 9.69 Å². The highest BCUT2D eigenvalue weighted by Crippen LogP contribution is 2.36. The lowest BCUT2D eigenvalue weighted by Gasteiger charge is -2.14. The summed E-state index contributed by atoms with van der Waals surface area (Å²) in [5.41, 5.74) is 3.07. The van der Waals surface area contributed by atoms with E-state index in [0.29, 0.717) is 17.0 Å². The van der Waals surface area contributed by atoms with Crippen molar-refractivity contribution in [2.75, 3.05) is 11.9 Å². The number of hydrogen-bond donors (Lipinski definition) is 2. The summed E-state index contributed by atoms with van der Waals surface area (Å²) in [5.74, 6) is -0.803. The number of aryl methyl sites for hydroxylation is 1. The molecule has 0 aliphatic carbocycles. The second kappa shape index (κ2) is 11.8. The standard InChI is InChI=1S/C31H25Cl2N3O4/c1-2-20-8-4-6-13-26(20)34-28(37)17-36-30(38)27(35-31(36)39)16-19-14-24(32)29(25(33)15-19)40-18-22-11-7-10-21-9-3-5-12-23(21)22/h3-16H,2,17-18H2,1H3,(H,34,37)(H,35,39)/b27-16+. The highest BCUT2D eigenvalue weighted by atomic mass is 35.5. The summed E-state index contributed by atoms with van der Waals surface area (Å²) >= 11 is 13.0. The first-order valence-corrected chi connectivity index (χ1v) is 13.4. The van der Waals surface area contributed by atoms with Crippen molar-refractivity contribution in [2.24, 2.45) is 0 Å². The number of hydrogen-bond acceptors (Lipinski definition) is 4. The second-order valence-corrected chi connectivity index (χ2v) is 9.99. The molecule has 40 heavy (non-hydrogen) atoms. The van der Waals surface area contributed by atoms with Crippen molar-refractivity contribution in [1.29, 1.82) is 0 Å². The molecule has 202 valence electrons. The molecule has 9 heteroatoms. The minimum Gasteiger partial charge on any atom is -0.486 e. The van der Waals surface area contributed by atoms with E-state index in [4.69, 9.17) is 27.9 Å². The Hall–Kier alpha value is -4.33. The van der Waals surface area contributed by atoms with Crippen molar-refractivity contribution in [3.63, 3.8) is 0 Å². The van der Waals surface area contributed by atoms with Crippen LogP contribution in [-0.2, 0) is 22.6 Å². The van der Waals surface area contributed by atoms with Crippen LogP contribution in [0.15, 0.2) is 84.6 Å². The lowest BCUT2D eigenvalue weighted by molar-refractivity contribution is -0.127. The molecule has 0 bridgehead atoms. The van der Waals surface area contributed by atoms with Crippen LogP contribution in [0.5, 0.6) is 5.75 Å². The third-order valence-electron chi connectivity index (χ3n) is 6.52. The zero-order valence-electron chi connectivity index (χ0n) is 21.5. The van der Waals surface area contributed by atoms with Gasteiger partial charge in [-0.3, -0.25) is 9.59 Å². The highest BCUT2D eigenvalue weighted by Gasteiger charge is 2.35. The number of carbonyl (C=O) groups is 3. The molecule has 0 unspecified atom stereocenters. The number of carbonyl (C=O) groups excluding carboxylic acids is 3. The number of para-hydroxylation sites is 1. The molecule has 2 N–H and O–H groups in total. The van der Waals surface area contributed by atoms with Crippen LogP contribution in [0.2, 0.25) is 10.0 Å². The number of nitrogens with one attached hydrogen (secondary N) is 2. The molecular weight excluding hydrogens is 549 g/mol. The number of fused-ring (bicyclic) bond motifs is 1. The fourth-order valence-electron chi connectivity index (χ4n) is 4.53. The fourth-order valence-corrected chi connectivity index (χ4v) is 5.15. The van der Waals surface area contributed by atoms with E-state index in [1.165, 1.54) is 6.08 Å². The molecule has 0 spiro atoms. The van der Waals surface area contributed by atoms with Crippen molar-refractivity contribution in [1.82, 2.24) is 10.2 Å². The van der Waals surface area contributed by atoms with Gasteiger partial charge < -0.3 is 15.4 Å². The molecule has 0 radical (unpaired) electrons. The van der Waals surface area contributed by atoms with E-state index >= 15 is 0 Å². The Balaban J connectivity index is 1.28. The Bertz CT molecular complexity index is 1640. The predicted molar refractivity (Wildman–Crippen MR) is 157 cm³/mol. The first-order valence-electron chi connectivity index (χ1n) is 12.6. The Labute approximate surface area is 241 Å². The van der Waals surface area contributed by atoms with Gasteiger partial charge in [0.15, 0.2) is 5.75 Å². The zero-order valence-corrected chi connectivity index (χ0v) is 23.1. The third kappa shape index (κ3) is 5.81. The Morgan fingerprint density at radius 3 is 2.40 bits per heavy atom. The summed E-state index contributed by atoms with van der Waals surface area (Å²) in [5, 5.41) is 7.96. The predicted octanol–water partition coefficient (Wildman–Crippen LogP) is 6.82. The number of benzene rings is 4. The first kappa shape index (κ1) is 27.2. The highest BCUT2D eigenvalue weighted by molar-refractivity contribution is 6.37. The van der Waals surface area contributed by atoms with Gasteiger partial charge in [0.25, 0.3) is 5.91 Å². The van der Waals surface area contributed by atoms with Gasteiger partial charge in [0.1, 0.15) is 18.8 Å². The van der Waals surface area contributed by atoms with E-state index in [-0.39, 0.29) is 22.3 Å². The van der Waals surface area contributed by atoms with Crippen LogP contribution in [-0.4, -0.2) is 29.3 Å². The van der Waals surface area contributed by atoms with E-state index in [1.807, 2.05) is 61.5 Å². The van der Waals surface area contributed by atoms with Crippen LogP contribution < -0.4 is 15.4 Å². The van der Waals surface area contributed by atoms with E-state index in [0.717, 1.165) is 33.2 Å². The monoisotopic (exact) mass is 573 g/mol. The van der Waals surface area contributed by atoms with Crippen molar-refractivity contribution in [3.05, 3.63) is 111 Å². The van der Waals surface area contributed by atoms with Gasteiger partial charge in [-0.05, 0) is 58.2 Å². The van der Waals surface area contributed by atoms with Gasteiger partial charge in [0.2, 0.25) is 5.91 Å². The maximum atomic E-state index is 12.9. The zero-order chi connectivity index (χ0) is 28.2. The number of nitrogens with zero attached hydrogens (tertiary/aromatic N) is 1. The number of amides is 4. The Kier molecular flexibility index (Phi) is 8.05. The smallest absolute Gasteiger partial charge is 0.329 e. The van der Waals surface area contributed by atoms with Crippen LogP contribution in [0, 0.1) is 0 Å². The molecule has 1 fully saturated rings. The second-order valence-electron chi connectivity index (χ2n) is 9.18. The van der Waals surface area contributed by atoms with Crippen molar-refractivity contribution >= 4 is 63.6 Å². The van der Waals surface area contributed by atoms with Gasteiger partial charge >= 0.3 is 6.03 Å². The van der Waals surface area contributed by atoms with Gasteiger partial charge in [-0.2, -0.15) is 0 Å². The van der Waals surface area contributed by atoms with E-state index in [9.17, 15) is 14.4 Å². The van der Waals surface area contributed by atoms with Crippen molar-refractivity contribution < 1.29 is 19.1 Å². The number of rotatable bonds is 8. The summed E-state index contributed by atoms with van der Waals surface area (Å²) < 4.78 is 5.98. The van der Waals surface area contributed by atoms with Crippen molar-refractivity contribution in [2.45, 2.75) is 20.0 Å². The Morgan fingerprint density at radius 1 is 0.950 bits per heavy atom. The normalized spacial score (nSPS) is 14.1. The maximum absolute atomic E-state index is 12.9. The molecule has 4 aromatic rings. The molecule has 1 aliphatic rings. The van der Waals surface area contributed by atoms with E-state index in [1.54, 1.807) is 24.3 Å². The van der Waals surface area contributed by atoms with Crippen LogP contribution in [0.1, 0.15) is 23.6 Å². The molecule has 7 nitrogen and oxygen atoms in total. The maximum Gasteiger partial charge on any atom is 0.329 e. The van der Waals surface area contributed by atoms with Gasteiger partial charge in [-0.1, -0.05) is 90.8 Å². The molecule has 1 heterocycles. The average Bonchev–Trinajstić information content (AvgIpc) is 3.20. The first-order chi connectivity index (χ1) is 19.3. The number of urea groups is 1. The van der Waals surface area contributed by atoms with Gasteiger partial charge in [-0.15, -0.1) is 0 Å². The van der Waals surface area contributed by atoms with E-state index in [2.05, 4.69) is 10.6 Å². The SMILES string of the molecule is CCc1ccccc1NC(=O)CN1C(=O)N/C(=C/c2cc(Cl)c(OCc3cccc4ccccc34)c(Cl)c2)C1=O. The lowest BCUT2D eigenvalue weighted by Crippen LogP contribution is -2.38. The molecule has 1 saturated heterocycles. The van der Waals surface area contributed by atoms with E-state index < -0.39 is 24.4 Å². The minimum atomic E-state index is -0.692. The number of halogens is 2. The summed E-state index contributed by atoms with van der Waals surface area (Å²) in [6.45, 7) is 1.81. The average molecular weight is 574 g/mol. The van der Waals surface area contributed by atoms with Crippen LogP contribution >= 0.6 is 23.2 Å². The number of ether oxygens (including phenoxy) is 1. The lowest BCUT2D eigenvalue weighted by atomic mass is 10.1. The van der Waals surface area contributed by atoms with Crippen LogP contribution in [0.3, 0.4) is 0 Å². The fraction of sp³-hybridized carbons (Fsp3) is 0.129.